The zero-order chi connectivity index (χ0) is 15.2. The zero-order valence-electron chi connectivity index (χ0n) is 13.2. The molecule has 118 valence electrons. The maximum Gasteiger partial charge on any atom is 0.128 e. The second kappa shape index (κ2) is 7.97. The molecule has 2 rings (SSSR count). The fourth-order valence-corrected chi connectivity index (χ4v) is 2.89. The molecule has 1 unspecified atom stereocenters. The van der Waals surface area contributed by atoms with Gasteiger partial charge in [0.2, 0.25) is 0 Å². The van der Waals surface area contributed by atoms with Gasteiger partial charge in [-0.25, -0.2) is 4.98 Å². The Balaban J connectivity index is 2.06. The number of methoxy groups -OCH3 is 1. The molecule has 1 aliphatic rings. The summed E-state index contributed by atoms with van der Waals surface area (Å²) >= 11 is 6.26. The van der Waals surface area contributed by atoms with E-state index in [1.165, 1.54) is 12.8 Å². The number of ether oxygens (including phenoxy) is 1. The summed E-state index contributed by atoms with van der Waals surface area (Å²) in [4.78, 5) is 7.10. The Morgan fingerprint density at radius 3 is 3.00 bits per heavy atom. The Hall–Kier alpha value is -0.840. The summed E-state index contributed by atoms with van der Waals surface area (Å²) in [5.41, 5.74) is 0.928. The lowest BCUT2D eigenvalue weighted by atomic mass is 9.99. The number of hydrogen-bond donors (Lipinski definition) is 1. The van der Waals surface area contributed by atoms with Gasteiger partial charge in [-0.3, -0.25) is 0 Å². The van der Waals surface area contributed by atoms with Crippen LogP contribution < -0.4 is 10.2 Å². The number of aromatic nitrogens is 1. The predicted molar refractivity (Wildman–Crippen MR) is 88.0 cm³/mol. The van der Waals surface area contributed by atoms with Crippen molar-refractivity contribution in [1.82, 2.24) is 10.3 Å². The lowest BCUT2D eigenvalue weighted by Crippen LogP contribution is -2.37. The molecule has 0 aromatic carbocycles. The molecular weight excluding hydrogens is 286 g/mol. The smallest absolute Gasteiger partial charge is 0.128 e. The molecule has 0 bridgehead atoms. The largest absolute Gasteiger partial charge is 0.384 e. The zero-order valence-corrected chi connectivity index (χ0v) is 14.0. The summed E-state index contributed by atoms with van der Waals surface area (Å²) in [5.74, 6) is 1.62. The van der Waals surface area contributed by atoms with Gasteiger partial charge in [-0.2, -0.15) is 0 Å². The first-order chi connectivity index (χ1) is 10.1. The number of nitrogens with zero attached hydrogens (tertiary/aromatic N) is 2. The molecule has 4 nitrogen and oxygen atoms in total. The topological polar surface area (TPSA) is 37.4 Å². The first kappa shape index (κ1) is 16.5. The van der Waals surface area contributed by atoms with Crippen LogP contribution in [0.2, 0.25) is 5.02 Å². The standard InChI is InChI=1S/C16H26ClN3O/c1-12(2)18-9-15-14(17)6-7-16(19-15)20-8-4-5-13(10-20)11-21-3/h6-7,12-13,18H,4-5,8-11H2,1-3H3. The SMILES string of the molecule is COCC1CCCN(c2ccc(Cl)c(CNC(C)C)n2)C1. The van der Waals surface area contributed by atoms with Crippen LogP contribution in [0, 0.1) is 5.92 Å². The van der Waals surface area contributed by atoms with Crippen LogP contribution in [0.1, 0.15) is 32.4 Å². The van der Waals surface area contributed by atoms with E-state index in [0.717, 1.165) is 36.2 Å². The molecule has 1 aromatic rings. The molecule has 1 N–H and O–H groups in total. The van der Waals surface area contributed by atoms with E-state index in [9.17, 15) is 0 Å². The molecule has 0 saturated carbocycles. The van der Waals surface area contributed by atoms with Gasteiger partial charge in [-0.15, -0.1) is 0 Å². The first-order valence-electron chi connectivity index (χ1n) is 7.73. The van der Waals surface area contributed by atoms with Crippen LogP contribution in [0.25, 0.3) is 0 Å². The average molecular weight is 312 g/mol. The van der Waals surface area contributed by atoms with Crippen LogP contribution in [-0.2, 0) is 11.3 Å². The minimum atomic E-state index is 0.424. The van der Waals surface area contributed by atoms with Crippen LogP contribution in [0.4, 0.5) is 5.82 Å². The fourth-order valence-electron chi connectivity index (χ4n) is 2.72. The summed E-state index contributed by atoms with van der Waals surface area (Å²) < 4.78 is 5.30. The van der Waals surface area contributed by atoms with Gasteiger partial charge < -0.3 is 15.0 Å². The summed E-state index contributed by atoms with van der Waals surface area (Å²) in [6, 6.07) is 4.41. The molecule has 1 atom stereocenters. The van der Waals surface area contributed by atoms with Crippen molar-refractivity contribution in [2.75, 3.05) is 31.7 Å². The number of piperidine rings is 1. The van der Waals surface area contributed by atoms with Gasteiger partial charge in [0.1, 0.15) is 5.82 Å². The van der Waals surface area contributed by atoms with Gasteiger partial charge in [0.25, 0.3) is 0 Å². The molecule has 1 aromatic heterocycles. The summed E-state index contributed by atoms with van der Waals surface area (Å²) in [7, 11) is 1.77. The van der Waals surface area contributed by atoms with E-state index in [0.29, 0.717) is 18.5 Å². The number of rotatable bonds is 6. The van der Waals surface area contributed by atoms with Gasteiger partial charge >= 0.3 is 0 Å². The quantitative estimate of drug-likeness (QED) is 0.876. The summed E-state index contributed by atoms with van der Waals surface area (Å²) in [6.07, 6.45) is 2.43. The third kappa shape index (κ3) is 4.83. The Bertz CT molecular complexity index is 451. The molecule has 0 spiro atoms. The highest BCUT2D eigenvalue weighted by molar-refractivity contribution is 6.31. The minimum Gasteiger partial charge on any atom is -0.384 e. The number of anilines is 1. The van der Waals surface area contributed by atoms with Crippen LogP contribution in [0.5, 0.6) is 0 Å². The lowest BCUT2D eigenvalue weighted by Gasteiger charge is -2.33. The molecule has 1 aliphatic heterocycles. The van der Waals surface area contributed by atoms with Crippen molar-refractivity contribution < 1.29 is 4.74 Å². The van der Waals surface area contributed by atoms with E-state index in [1.807, 2.05) is 12.1 Å². The number of halogens is 1. The van der Waals surface area contributed by atoms with Crippen molar-refractivity contribution in [3.05, 3.63) is 22.8 Å². The van der Waals surface area contributed by atoms with E-state index in [4.69, 9.17) is 21.3 Å². The fraction of sp³-hybridized carbons (Fsp3) is 0.688. The number of nitrogens with one attached hydrogen (secondary N) is 1. The third-order valence-corrected chi connectivity index (χ3v) is 4.17. The van der Waals surface area contributed by atoms with E-state index in [2.05, 4.69) is 24.1 Å². The van der Waals surface area contributed by atoms with Crippen molar-refractivity contribution in [3.8, 4) is 0 Å². The second-order valence-electron chi connectivity index (χ2n) is 6.04. The van der Waals surface area contributed by atoms with Gasteiger partial charge in [0, 0.05) is 32.8 Å². The van der Waals surface area contributed by atoms with Crippen molar-refractivity contribution >= 4 is 17.4 Å². The Morgan fingerprint density at radius 1 is 1.48 bits per heavy atom. The van der Waals surface area contributed by atoms with Crippen LogP contribution in [0.15, 0.2) is 12.1 Å². The van der Waals surface area contributed by atoms with E-state index in [-0.39, 0.29) is 0 Å². The van der Waals surface area contributed by atoms with Crippen LogP contribution >= 0.6 is 11.6 Å². The molecule has 1 saturated heterocycles. The average Bonchev–Trinajstić information content (AvgIpc) is 2.47. The molecule has 0 amide bonds. The maximum atomic E-state index is 6.26. The van der Waals surface area contributed by atoms with E-state index >= 15 is 0 Å². The molecule has 2 heterocycles. The van der Waals surface area contributed by atoms with Crippen molar-refractivity contribution in [2.45, 2.75) is 39.3 Å². The minimum absolute atomic E-state index is 0.424. The second-order valence-corrected chi connectivity index (χ2v) is 6.45. The third-order valence-electron chi connectivity index (χ3n) is 3.83. The Labute approximate surface area is 132 Å². The van der Waals surface area contributed by atoms with Crippen LogP contribution in [0.3, 0.4) is 0 Å². The molecular formula is C16H26ClN3O. The maximum absolute atomic E-state index is 6.26. The molecule has 21 heavy (non-hydrogen) atoms. The molecule has 0 aliphatic carbocycles. The van der Waals surface area contributed by atoms with Gasteiger partial charge in [-0.05, 0) is 30.9 Å². The van der Waals surface area contributed by atoms with Crippen molar-refractivity contribution in [1.29, 1.82) is 0 Å². The van der Waals surface area contributed by atoms with Gasteiger partial charge in [0.05, 0.1) is 17.3 Å². The normalized spacial score (nSPS) is 19.3. The lowest BCUT2D eigenvalue weighted by molar-refractivity contribution is 0.143. The van der Waals surface area contributed by atoms with Crippen molar-refractivity contribution in [3.63, 3.8) is 0 Å². The molecule has 5 heteroatoms. The highest BCUT2D eigenvalue weighted by Crippen LogP contribution is 2.24. The summed E-state index contributed by atoms with van der Waals surface area (Å²) in [6.45, 7) is 7.85. The van der Waals surface area contributed by atoms with Crippen molar-refractivity contribution in [2.24, 2.45) is 5.92 Å². The Kier molecular flexibility index (Phi) is 6.27. The van der Waals surface area contributed by atoms with Gasteiger partial charge in [-0.1, -0.05) is 25.4 Å². The molecule has 1 fully saturated rings. The Morgan fingerprint density at radius 2 is 2.29 bits per heavy atom. The monoisotopic (exact) mass is 311 g/mol. The predicted octanol–water partition coefficient (Wildman–Crippen LogP) is 3.10. The summed E-state index contributed by atoms with van der Waals surface area (Å²) in [5, 5.41) is 4.11. The van der Waals surface area contributed by atoms with E-state index in [1.54, 1.807) is 7.11 Å². The number of pyridine rings is 1. The molecule has 0 radical (unpaired) electrons. The highest BCUT2D eigenvalue weighted by atomic mass is 35.5. The first-order valence-corrected chi connectivity index (χ1v) is 8.10. The van der Waals surface area contributed by atoms with Gasteiger partial charge in [0.15, 0.2) is 0 Å². The van der Waals surface area contributed by atoms with E-state index < -0.39 is 0 Å². The highest BCUT2D eigenvalue weighted by Gasteiger charge is 2.21. The van der Waals surface area contributed by atoms with Crippen LogP contribution in [-0.4, -0.2) is 37.8 Å². The number of hydrogen-bond acceptors (Lipinski definition) is 4.